The van der Waals surface area contributed by atoms with E-state index < -0.39 is 5.91 Å². The third-order valence-electron chi connectivity index (χ3n) is 11.2. The van der Waals surface area contributed by atoms with Crippen molar-refractivity contribution >= 4 is 76.1 Å². The number of carbonyl (C=O) groups excluding carboxylic acids is 5. The summed E-state index contributed by atoms with van der Waals surface area (Å²) < 4.78 is 0. The van der Waals surface area contributed by atoms with Crippen LogP contribution in [0.2, 0.25) is 0 Å². The summed E-state index contributed by atoms with van der Waals surface area (Å²) in [5, 5.41) is 13.1. The average Bonchev–Trinajstić information content (AvgIpc) is 3.93. The molecule has 1 aromatic carbocycles. The molecule has 314 valence electrons. The first-order valence-corrected chi connectivity index (χ1v) is 23.1. The zero-order chi connectivity index (χ0) is 40.6. The Bertz CT molecular complexity index is 1520. The Kier molecular flexibility index (Phi) is 17.9. The van der Waals surface area contributed by atoms with E-state index in [0.717, 1.165) is 88.6 Å². The van der Waals surface area contributed by atoms with Gasteiger partial charge in [0.05, 0.1) is 24.2 Å². The lowest BCUT2D eigenvalue weighted by molar-refractivity contribution is -0.120. The molecule has 2 fully saturated rings. The molecule has 0 radical (unpaired) electrons. The molecule has 16 heteroatoms. The molecule has 5 rings (SSSR count). The Morgan fingerprint density at radius 3 is 1.37 bits per heavy atom. The van der Waals surface area contributed by atoms with Gasteiger partial charge in [-0.3, -0.25) is 24.0 Å². The number of benzene rings is 1. The maximum Gasteiger partial charge on any atom is 0.248 e. The van der Waals surface area contributed by atoms with Gasteiger partial charge in [-0.05, 0) is 69.6 Å². The van der Waals surface area contributed by atoms with Crippen LogP contribution in [0.15, 0.2) is 28.2 Å². The van der Waals surface area contributed by atoms with E-state index in [0.29, 0.717) is 109 Å². The van der Waals surface area contributed by atoms with Crippen molar-refractivity contribution in [1.82, 2.24) is 10.6 Å². The Labute approximate surface area is 345 Å². The number of Topliss-reactive ketones (excluding diaryl/α,β-unsaturated/α-hetero) is 2. The fourth-order valence-corrected chi connectivity index (χ4v) is 11.2. The van der Waals surface area contributed by atoms with E-state index in [4.69, 9.17) is 17.2 Å². The van der Waals surface area contributed by atoms with Crippen molar-refractivity contribution in [2.24, 2.45) is 27.2 Å². The zero-order valence-corrected chi connectivity index (χ0v) is 34.9. The van der Waals surface area contributed by atoms with Crippen LogP contribution in [0, 0.1) is 0 Å². The van der Waals surface area contributed by atoms with Gasteiger partial charge in [-0.1, -0.05) is 38.5 Å². The number of nitrogens with two attached hydrogens (primary N) is 3. The van der Waals surface area contributed by atoms with Gasteiger partial charge in [0.15, 0.2) is 11.9 Å². The maximum absolute atomic E-state index is 12.7. The molecule has 10 N–H and O–H groups in total. The lowest BCUT2D eigenvalue weighted by Crippen LogP contribution is -2.38. The van der Waals surface area contributed by atoms with Crippen LogP contribution >= 0.6 is 23.5 Å². The number of hydrogen-bond donors (Lipinski definition) is 7. The second kappa shape index (κ2) is 23.0. The molecule has 0 unspecified atom stereocenters. The number of rotatable bonds is 27. The molecular weight excluding hydrogens is 763 g/mol. The van der Waals surface area contributed by atoms with Gasteiger partial charge < -0.3 is 38.5 Å². The number of hydrogen-bond acceptors (Lipinski definition) is 13. The molecular formula is C41H63N9O5S2. The maximum atomic E-state index is 12.7. The number of primary amides is 1. The number of aliphatic imine (C=N–C) groups is 2. The highest BCUT2D eigenvalue weighted by atomic mass is 32.2. The fourth-order valence-electron chi connectivity index (χ4n) is 8.12. The van der Waals surface area contributed by atoms with Gasteiger partial charge in [0.1, 0.15) is 11.6 Å². The summed E-state index contributed by atoms with van der Waals surface area (Å²) in [5.74, 6) is 2.73. The molecule has 6 atom stereocenters. The number of guanidine groups is 2. The summed E-state index contributed by atoms with van der Waals surface area (Å²) in [4.78, 5) is 71.2. The summed E-state index contributed by atoms with van der Waals surface area (Å²) in [6.07, 6.45) is 15.4. The second-order valence-corrected chi connectivity index (χ2v) is 18.5. The lowest BCUT2D eigenvalue weighted by Gasteiger charge is -2.14. The molecule has 4 aliphatic heterocycles. The monoisotopic (exact) mass is 825 g/mol. The molecule has 1 aromatic rings. The Hall–Kier alpha value is -3.79. The number of nitrogens with one attached hydrogen (secondary N) is 4. The minimum Gasteiger partial charge on any atom is -0.370 e. The summed E-state index contributed by atoms with van der Waals surface area (Å²) in [7, 11) is 0. The molecule has 4 heterocycles. The molecule has 57 heavy (non-hydrogen) atoms. The topological polar surface area (TPSA) is 236 Å². The van der Waals surface area contributed by atoms with E-state index in [9.17, 15) is 24.0 Å². The first-order chi connectivity index (χ1) is 27.5. The van der Waals surface area contributed by atoms with Crippen LogP contribution in [0.5, 0.6) is 0 Å². The number of amides is 3. The van der Waals surface area contributed by atoms with Crippen molar-refractivity contribution in [3.05, 3.63) is 23.8 Å². The molecule has 0 spiro atoms. The van der Waals surface area contributed by atoms with E-state index in [1.165, 1.54) is 12.1 Å². The van der Waals surface area contributed by atoms with Crippen LogP contribution < -0.4 is 38.5 Å². The molecule has 2 saturated heterocycles. The van der Waals surface area contributed by atoms with Gasteiger partial charge in [0.2, 0.25) is 17.7 Å². The Balaban J connectivity index is 0.867. The van der Waals surface area contributed by atoms with Crippen molar-refractivity contribution in [2.75, 3.05) is 22.1 Å². The first kappa shape index (κ1) is 44.3. The summed E-state index contributed by atoms with van der Waals surface area (Å²) >= 11 is 3.90. The van der Waals surface area contributed by atoms with E-state index in [-0.39, 0.29) is 29.5 Å². The third-order valence-corrected chi connectivity index (χ3v) is 14.2. The largest absolute Gasteiger partial charge is 0.370 e. The molecule has 3 amide bonds. The van der Waals surface area contributed by atoms with Gasteiger partial charge in [-0.15, -0.1) is 0 Å². The standard InChI is InChI=1S/C41H63N9O5S2/c42-39(55)26-21-27(45-35(53)19-7-3-1-5-13-29(51)15-9-11-17-33-37-31(24-56-33)47-40(43)49-37)23-28(22-26)46-36(54)20-8-4-2-6-14-30(52)16-10-12-18-34-38-32(25-57-34)48-41(44)50-38/h21-23,31-34,37-38H,1-20,24-25H2,(H2,42,55)(H,45,53)(H,46,54)(H3,43,47,49)(H3,44,48,50)/t31-,32-,33-,34-,37-,38-/m0/s1. The number of fused-ring (bicyclic) bond motifs is 2. The predicted molar refractivity (Wildman–Crippen MR) is 232 cm³/mol. The van der Waals surface area contributed by atoms with Crippen LogP contribution in [0.4, 0.5) is 11.4 Å². The highest BCUT2D eigenvalue weighted by molar-refractivity contribution is 8.00. The Morgan fingerprint density at radius 2 is 0.965 bits per heavy atom. The normalized spacial score (nSPS) is 23.2. The van der Waals surface area contributed by atoms with Crippen LogP contribution in [0.3, 0.4) is 0 Å². The summed E-state index contributed by atoms with van der Waals surface area (Å²) in [6.45, 7) is 0. The second-order valence-electron chi connectivity index (χ2n) is 15.9. The van der Waals surface area contributed by atoms with Crippen molar-refractivity contribution in [2.45, 2.75) is 163 Å². The van der Waals surface area contributed by atoms with Gasteiger partial charge in [-0.2, -0.15) is 23.5 Å². The van der Waals surface area contributed by atoms with Gasteiger partial charge in [0, 0.05) is 77.5 Å². The molecule has 0 bridgehead atoms. The average molecular weight is 826 g/mol. The number of ketones is 2. The number of nitrogens with zero attached hydrogens (tertiary/aromatic N) is 2. The lowest BCUT2D eigenvalue weighted by atomic mass is 10.0. The SMILES string of the molecule is NC(=O)c1cc(NC(=O)CCCCCCC(=O)CCCC[C@@H]2SC[C@@H]3NC(N)=N[C@@H]32)cc(NC(=O)CCCCCCC(=O)CCCC[C@@H]2SC[C@@H]3NC(N)=N[C@@H]32)c1. The van der Waals surface area contributed by atoms with E-state index in [1.807, 2.05) is 23.5 Å². The van der Waals surface area contributed by atoms with Crippen molar-refractivity contribution < 1.29 is 24.0 Å². The minimum absolute atomic E-state index is 0.186. The van der Waals surface area contributed by atoms with Gasteiger partial charge in [0.25, 0.3) is 0 Å². The quantitative estimate of drug-likeness (QED) is 0.0574. The van der Waals surface area contributed by atoms with Crippen LogP contribution in [-0.4, -0.2) is 87.4 Å². The van der Waals surface area contributed by atoms with Gasteiger partial charge in [-0.25, -0.2) is 9.98 Å². The molecule has 0 saturated carbocycles. The zero-order valence-electron chi connectivity index (χ0n) is 33.2. The molecule has 0 aromatic heterocycles. The van der Waals surface area contributed by atoms with Crippen LogP contribution in [0.1, 0.15) is 139 Å². The summed E-state index contributed by atoms with van der Waals surface area (Å²) in [5.41, 5.74) is 18.1. The molecule has 4 aliphatic rings. The van der Waals surface area contributed by atoms with E-state index in [2.05, 4.69) is 31.3 Å². The van der Waals surface area contributed by atoms with Crippen molar-refractivity contribution in [3.63, 3.8) is 0 Å². The van der Waals surface area contributed by atoms with Crippen molar-refractivity contribution in [3.8, 4) is 0 Å². The van der Waals surface area contributed by atoms with Crippen molar-refractivity contribution in [1.29, 1.82) is 0 Å². The number of thioether (sulfide) groups is 2. The Morgan fingerprint density at radius 1 is 0.579 bits per heavy atom. The number of unbranched alkanes of at least 4 members (excludes halogenated alkanes) is 8. The first-order valence-electron chi connectivity index (χ1n) is 21.0. The molecule has 0 aliphatic carbocycles. The molecule has 14 nitrogen and oxygen atoms in total. The van der Waals surface area contributed by atoms with E-state index >= 15 is 0 Å². The summed E-state index contributed by atoms with van der Waals surface area (Å²) in [6, 6.07) is 5.89. The predicted octanol–water partition coefficient (Wildman–Crippen LogP) is 5.14. The number of anilines is 2. The van der Waals surface area contributed by atoms with Crippen LogP contribution in [-0.2, 0) is 19.2 Å². The third kappa shape index (κ3) is 14.8. The van der Waals surface area contributed by atoms with E-state index in [1.54, 1.807) is 6.07 Å². The van der Waals surface area contributed by atoms with Crippen LogP contribution in [0.25, 0.3) is 0 Å². The minimum atomic E-state index is -0.661. The smallest absolute Gasteiger partial charge is 0.248 e. The van der Waals surface area contributed by atoms with Gasteiger partial charge >= 0.3 is 0 Å². The number of carbonyl (C=O) groups is 5. The highest BCUT2D eigenvalue weighted by Crippen LogP contribution is 2.36. The highest BCUT2D eigenvalue weighted by Gasteiger charge is 2.41. The fraction of sp³-hybridized carbons (Fsp3) is 0.683.